The molecule has 0 atom stereocenters. The molecule has 0 spiro atoms. The Bertz CT molecular complexity index is 1130. The summed E-state index contributed by atoms with van der Waals surface area (Å²) in [4.78, 5) is 42.6. The van der Waals surface area contributed by atoms with Crippen LogP contribution in [0.1, 0.15) is 15.4 Å². The average Bonchev–Trinajstić information content (AvgIpc) is 3.38. The van der Waals surface area contributed by atoms with Gasteiger partial charge in [0.1, 0.15) is 5.69 Å². The number of rotatable bonds is 5. The average molecular weight is 440 g/mol. The number of piperazine rings is 1. The van der Waals surface area contributed by atoms with Gasteiger partial charge in [0.25, 0.3) is 11.5 Å². The van der Waals surface area contributed by atoms with Gasteiger partial charge in [-0.05, 0) is 30.5 Å². The largest absolute Gasteiger partial charge is 0.335 e. The predicted octanol–water partition coefficient (Wildman–Crippen LogP) is 1.94. The molecule has 3 aromatic rings. The lowest BCUT2D eigenvalue weighted by Crippen LogP contribution is -2.50. The third-order valence-corrected chi connectivity index (χ3v) is 6.44. The van der Waals surface area contributed by atoms with Crippen molar-refractivity contribution in [3.05, 3.63) is 68.8 Å². The van der Waals surface area contributed by atoms with Crippen LogP contribution < -0.4 is 10.9 Å². The molecule has 1 aromatic carbocycles. The number of para-hydroxylation sites is 1. The highest BCUT2D eigenvalue weighted by Gasteiger charge is 2.25. The topological polar surface area (TPSA) is 79.6 Å². The van der Waals surface area contributed by atoms with E-state index >= 15 is 0 Å². The van der Waals surface area contributed by atoms with Crippen molar-refractivity contribution >= 4 is 28.8 Å². The number of carbonyl (C=O) groups is 2. The fourth-order valence-electron chi connectivity index (χ4n) is 3.76. The van der Waals surface area contributed by atoms with E-state index < -0.39 is 0 Å². The Morgan fingerprint density at radius 2 is 1.74 bits per heavy atom. The highest BCUT2D eigenvalue weighted by atomic mass is 32.1. The molecule has 4 rings (SSSR count). The zero-order valence-corrected chi connectivity index (χ0v) is 18.4. The van der Waals surface area contributed by atoms with E-state index in [1.807, 2.05) is 64.6 Å². The minimum atomic E-state index is -0.258. The summed E-state index contributed by atoms with van der Waals surface area (Å²) in [6.45, 7) is 4.38. The van der Waals surface area contributed by atoms with E-state index in [4.69, 9.17) is 0 Å². The Labute approximate surface area is 184 Å². The van der Waals surface area contributed by atoms with Crippen LogP contribution in [0.25, 0.3) is 5.69 Å². The molecule has 0 bridgehead atoms. The van der Waals surface area contributed by atoms with Crippen molar-refractivity contribution in [1.29, 1.82) is 0 Å². The number of nitrogens with zero attached hydrogens (tertiary/aromatic N) is 4. The molecule has 31 heavy (non-hydrogen) atoms. The molecule has 2 aromatic heterocycles. The zero-order chi connectivity index (χ0) is 22.0. The Morgan fingerprint density at radius 3 is 2.39 bits per heavy atom. The number of hydrogen-bond donors (Lipinski definition) is 1. The third kappa shape index (κ3) is 4.33. The van der Waals surface area contributed by atoms with Gasteiger partial charge in [0, 0.05) is 33.2 Å². The van der Waals surface area contributed by atoms with Gasteiger partial charge in [-0.1, -0.05) is 24.3 Å². The summed E-state index contributed by atoms with van der Waals surface area (Å²) in [5, 5.41) is 4.69. The van der Waals surface area contributed by atoms with Gasteiger partial charge in [-0.15, -0.1) is 11.3 Å². The summed E-state index contributed by atoms with van der Waals surface area (Å²) >= 11 is 1.44. The van der Waals surface area contributed by atoms with E-state index in [2.05, 4.69) is 5.32 Å². The van der Waals surface area contributed by atoms with E-state index in [1.54, 1.807) is 16.4 Å². The van der Waals surface area contributed by atoms with E-state index in [0.717, 1.165) is 10.6 Å². The third-order valence-electron chi connectivity index (χ3n) is 5.58. The standard InChI is InChI=1S/C22H25N5O3S/c1-16-20(22(30)27(24(16)2)17-7-4-3-5-8-17)23-19(28)15-25-10-12-26(13-11-25)21(29)18-9-6-14-31-18/h3-9,14H,10-13,15H2,1-2H3,(H,23,28). The summed E-state index contributed by atoms with van der Waals surface area (Å²) in [6, 6.07) is 13.0. The van der Waals surface area contributed by atoms with Crippen LogP contribution in [-0.4, -0.2) is 63.7 Å². The van der Waals surface area contributed by atoms with Crippen LogP contribution in [0.2, 0.25) is 0 Å². The number of hydrogen-bond acceptors (Lipinski definition) is 5. The summed E-state index contributed by atoms with van der Waals surface area (Å²) in [6.07, 6.45) is 0. The zero-order valence-electron chi connectivity index (χ0n) is 17.6. The summed E-state index contributed by atoms with van der Waals surface area (Å²) in [5.74, 6) is -0.190. The van der Waals surface area contributed by atoms with E-state index in [9.17, 15) is 14.4 Å². The Morgan fingerprint density at radius 1 is 1.03 bits per heavy atom. The second kappa shape index (κ2) is 8.91. The molecule has 0 saturated carbocycles. The van der Waals surface area contributed by atoms with Gasteiger partial charge in [0.2, 0.25) is 5.91 Å². The molecule has 2 amide bonds. The lowest BCUT2D eigenvalue weighted by molar-refractivity contribution is -0.117. The van der Waals surface area contributed by atoms with Crippen molar-refractivity contribution in [2.75, 3.05) is 38.0 Å². The molecule has 1 aliphatic heterocycles. The van der Waals surface area contributed by atoms with Gasteiger partial charge >= 0.3 is 0 Å². The number of carbonyl (C=O) groups excluding carboxylic acids is 2. The molecule has 1 N–H and O–H groups in total. The number of aromatic nitrogens is 2. The molecule has 1 saturated heterocycles. The molecule has 0 unspecified atom stereocenters. The second-order valence-electron chi connectivity index (χ2n) is 7.53. The van der Waals surface area contributed by atoms with Gasteiger partial charge < -0.3 is 10.2 Å². The quantitative estimate of drug-likeness (QED) is 0.659. The van der Waals surface area contributed by atoms with E-state index in [1.165, 1.54) is 11.3 Å². The molecule has 162 valence electrons. The van der Waals surface area contributed by atoms with Crippen LogP contribution >= 0.6 is 11.3 Å². The predicted molar refractivity (Wildman–Crippen MR) is 121 cm³/mol. The summed E-state index contributed by atoms with van der Waals surface area (Å²) < 4.78 is 3.28. The first-order valence-electron chi connectivity index (χ1n) is 10.1. The first-order valence-corrected chi connectivity index (χ1v) is 11.0. The van der Waals surface area contributed by atoms with Crippen molar-refractivity contribution in [3.63, 3.8) is 0 Å². The maximum atomic E-state index is 12.9. The molecule has 1 fully saturated rings. The first kappa shape index (κ1) is 21.1. The van der Waals surface area contributed by atoms with Crippen LogP contribution in [0.4, 0.5) is 5.69 Å². The SMILES string of the molecule is Cc1c(NC(=O)CN2CCN(C(=O)c3cccs3)CC2)c(=O)n(-c2ccccc2)n1C. The molecule has 3 heterocycles. The van der Waals surface area contributed by atoms with Crippen LogP contribution in [0, 0.1) is 6.92 Å². The minimum Gasteiger partial charge on any atom is -0.335 e. The summed E-state index contributed by atoms with van der Waals surface area (Å²) in [5.41, 5.74) is 1.47. The maximum absolute atomic E-state index is 12.9. The second-order valence-corrected chi connectivity index (χ2v) is 8.48. The van der Waals surface area contributed by atoms with Gasteiger partial charge in [-0.3, -0.25) is 24.0 Å². The molecular formula is C22H25N5O3S. The van der Waals surface area contributed by atoms with Gasteiger partial charge in [-0.2, -0.15) is 0 Å². The van der Waals surface area contributed by atoms with Gasteiger partial charge in [0.15, 0.2) is 0 Å². The number of benzene rings is 1. The van der Waals surface area contributed by atoms with Crippen molar-refractivity contribution < 1.29 is 9.59 Å². The Hall–Kier alpha value is -3.17. The fourth-order valence-corrected chi connectivity index (χ4v) is 4.45. The van der Waals surface area contributed by atoms with Crippen molar-refractivity contribution in [1.82, 2.24) is 19.2 Å². The van der Waals surface area contributed by atoms with Gasteiger partial charge in [0.05, 0.1) is 22.8 Å². The lowest BCUT2D eigenvalue weighted by atomic mass is 10.3. The molecular weight excluding hydrogens is 414 g/mol. The van der Waals surface area contributed by atoms with Crippen molar-refractivity contribution in [2.24, 2.45) is 7.05 Å². The van der Waals surface area contributed by atoms with E-state index in [0.29, 0.717) is 37.6 Å². The number of thiophene rings is 1. The highest BCUT2D eigenvalue weighted by Crippen LogP contribution is 2.15. The highest BCUT2D eigenvalue weighted by molar-refractivity contribution is 7.12. The van der Waals surface area contributed by atoms with Gasteiger partial charge in [-0.25, -0.2) is 4.68 Å². The van der Waals surface area contributed by atoms with Crippen LogP contribution in [0.5, 0.6) is 0 Å². The van der Waals surface area contributed by atoms with E-state index in [-0.39, 0.29) is 23.9 Å². The smallest absolute Gasteiger partial charge is 0.295 e. The van der Waals surface area contributed by atoms with Crippen molar-refractivity contribution in [3.8, 4) is 5.69 Å². The van der Waals surface area contributed by atoms with Crippen LogP contribution in [0.3, 0.4) is 0 Å². The monoisotopic (exact) mass is 439 g/mol. The lowest BCUT2D eigenvalue weighted by Gasteiger charge is -2.34. The molecule has 9 heteroatoms. The number of amides is 2. The Kier molecular flexibility index (Phi) is 6.06. The minimum absolute atomic E-state index is 0.0421. The van der Waals surface area contributed by atoms with Crippen LogP contribution in [0.15, 0.2) is 52.6 Å². The normalized spacial score (nSPS) is 14.6. The van der Waals surface area contributed by atoms with Crippen LogP contribution in [-0.2, 0) is 11.8 Å². The fraction of sp³-hybridized carbons (Fsp3) is 0.318. The maximum Gasteiger partial charge on any atom is 0.295 e. The summed E-state index contributed by atoms with van der Waals surface area (Å²) in [7, 11) is 1.79. The Balaban J connectivity index is 1.38. The van der Waals surface area contributed by atoms with Crippen molar-refractivity contribution in [2.45, 2.75) is 6.92 Å². The number of nitrogens with one attached hydrogen (secondary N) is 1. The number of anilines is 1. The molecule has 1 aliphatic rings. The molecule has 0 aliphatic carbocycles. The molecule has 8 nitrogen and oxygen atoms in total. The first-order chi connectivity index (χ1) is 15.0. The molecule has 0 radical (unpaired) electrons.